The number of amides is 4. The van der Waals surface area contributed by atoms with Crippen molar-refractivity contribution in [1.29, 1.82) is 0 Å². The second kappa shape index (κ2) is 8.47. The number of hydrogen-bond donors (Lipinski definition) is 2. The molecule has 0 saturated carbocycles. The highest BCUT2D eigenvalue weighted by Gasteiger charge is 2.53. The Balaban J connectivity index is 1.32. The topological polar surface area (TPSA) is 129 Å². The summed E-state index contributed by atoms with van der Waals surface area (Å²) in [5.74, 6) is -0.0773. The minimum Gasteiger partial charge on any atom is -0.497 e. The molecule has 37 heavy (non-hydrogen) atoms. The number of hydrazone groups is 1. The Hall–Kier alpha value is -4.67. The molecule has 3 aromatic rings. The highest BCUT2D eigenvalue weighted by Crippen LogP contribution is 2.34. The number of ether oxygens (including phenoxy) is 1. The van der Waals surface area contributed by atoms with Gasteiger partial charge in [0.15, 0.2) is 11.1 Å². The summed E-state index contributed by atoms with van der Waals surface area (Å²) in [6.07, 6.45) is 4.50. The normalized spacial score (nSPS) is 20.8. The molecule has 4 amide bonds. The van der Waals surface area contributed by atoms with Crippen molar-refractivity contribution >= 4 is 35.2 Å². The molecule has 1 aromatic carbocycles. The zero-order chi connectivity index (χ0) is 25.7. The Kier molecular flexibility index (Phi) is 5.21. The van der Waals surface area contributed by atoms with Gasteiger partial charge in [-0.25, -0.2) is 9.78 Å². The summed E-state index contributed by atoms with van der Waals surface area (Å²) >= 11 is 0. The van der Waals surface area contributed by atoms with Gasteiger partial charge >= 0.3 is 6.03 Å². The van der Waals surface area contributed by atoms with Crippen molar-refractivity contribution in [3.05, 3.63) is 70.6 Å². The highest BCUT2D eigenvalue weighted by molar-refractivity contribution is 6.08. The zero-order valence-electron chi connectivity index (χ0n) is 20.3. The van der Waals surface area contributed by atoms with Crippen molar-refractivity contribution in [2.24, 2.45) is 5.10 Å². The van der Waals surface area contributed by atoms with E-state index in [1.807, 2.05) is 30.4 Å². The maximum absolute atomic E-state index is 13.2. The Morgan fingerprint density at radius 1 is 1.16 bits per heavy atom. The molecular formula is C26H24N6O5. The van der Waals surface area contributed by atoms with Crippen LogP contribution in [0.4, 0.5) is 4.79 Å². The number of carbonyl (C=O) groups is 3. The van der Waals surface area contributed by atoms with Crippen molar-refractivity contribution < 1.29 is 23.5 Å². The highest BCUT2D eigenvalue weighted by atomic mass is 16.5. The van der Waals surface area contributed by atoms with Crippen LogP contribution in [0.3, 0.4) is 0 Å². The molecule has 1 saturated heterocycles. The van der Waals surface area contributed by atoms with E-state index in [4.69, 9.17) is 14.1 Å². The first-order chi connectivity index (χ1) is 17.8. The number of pyridine rings is 1. The van der Waals surface area contributed by atoms with Crippen molar-refractivity contribution in [3.63, 3.8) is 0 Å². The van der Waals surface area contributed by atoms with Crippen molar-refractivity contribution in [3.8, 4) is 5.75 Å². The van der Waals surface area contributed by atoms with Gasteiger partial charge in [0.25, 0.3) is 11.8 Å². The first kappa shape index (κ1) is 22.8. The van der Waals surface area contributed by atoms with Crippen molar-refractivity contribution in [1.82, 2.24) is 25.5 Å². The van der Waals surface area contributed by atoms with E-state index in [2.05, 4.69) is 21.8 Å². The van der Waals surface area contributed by atoms with E-state index < -0.39 is 17.5 Å². The molecule has 6 rings (SSSR count). The molecule has 0 bridgehead atoms. The number of furan rings is 1. The number of methoxy groups -OCH3 is 1. The molecule has 3 aliphatic heterocycles. The van der Waals surface area contributed by atoms with Gasteiger partial charge in [-0.05, 0) is 35.4 Å². The molecule has 0 radical (unpaired) electrons. The summed E-state index contributed by atoms with van der Waals surface area (Å²) in [6, 6.07) is 9.93. The summed E-state index contributed by atoms with van der Waals surface area (Å²) in [7, 11) is 3.44. The number of rotatable bonds is 6. The van der Waals surface area contributed by atoms with Gasteiger partial charge in [-0.3, -0.25) is 19.9 Å². The number of imide groups is 1. The maximum Gasteiger partial charge on any atom is 0.322 e. The zero-order valence-corrected chi connectivity index (χ0v) is 20.3. The molecule has 0 unspecified atom stereocenters. The van der Waals surface area contributed by atoms with Crippen LogP contribution in [0.5, 0.6) is 5.75 Å². The molecule has 0 spiro atoms. The molecule has 0 aliphatic carbocycles. The summed E-state index contributed by atoms with van der Waals surface area (Å²) in [6.45, 7) is 0.911. The molecule has 5 heterocycles. The monoisotopic (exact) mass is 500 g/mol. The standard InChI is InChI=1S/C26H24N6O5/c1-31-8-7-15(12-27-31)9-17-4-6-21-20(28-17)11-22(37-21)26(24(34)29-25(35)30-26)14-32-13-16-3-5-18(36-2)10-19(16)23(32)33/h3-7,10-12H,8-9,13-14H2,1-2H3,(H2,29,30,34,35)/t26-/m0/s1. The largest absolute Gasteiger partial charge is 0.497 e. The van der Waals surface area contributed by atoms with Crippen LogP contribution in [0, 0.1) is 0 Å². The molecule has 3 aliphatic rings. The number of hydrogen-bond acceptors (Lipinski definition) is 8. The van der Waals surface area contributed by atoms with Gasteiger partial charge in [0, 0.05) is 37.3 Å². The average Bonchev–Trinajstić information content (AvgIpc) is 3.54. The third kappa shape index (κ3) is 3.88. The number of fused-ring (bicyclic) bond motifs is 2. The first-order valence-corrected chi connectivity index (χ1v) is 11.8. The number of nitrogens with one attached hydrogen (secondary N) is 2. The number of carbonyl (C=O) groups excluding carboxylic acids is 3. The lowest BCUT2D eigenvalue weighted by atomic mass is 9.95. The molecule has 11 nitrogen and oxygen atoms in total. The molecular weight excluding hydrogens is 476 g/mol. The number of allylic oxidation sites excluding steroid dienone is 1. The van der Waals surface area contributed by atoms with Gasteiger partial charge in [-0.15, -0.1) is 0 Å². The summed E-state index contributed by atoms with van der Waals surface area (Å²) in [4.78, 5) is 44.9. The Morgan fingerprint density at radius 3 is 2.76 bits per heavy atom. The van der Waals surface area contributed by atoms with E-state index in [-0.39, 0.29) is 24.8 Å². The van der Waals surface area contributed by atoms with Crippen LogP contribution in [0.2, 0.25) is 0 Å². The lowest BCUT2D eigenvalue weighted by Crippen LogP contribution is -2.52. The van der Waals surface area contributed by atoms with Crippen LogP contribution in [0.1, 0.15) is 27.4 Å². The predicted molar refractivity (Wildman–Crippen MR) is 133 cm³/mol. The van der Waals surface area contributed by atoms with E-state index in [1.54, 1.807) is 24.3 Å². The quantitative estimate of drug-likeness (QED) is 0.495. The Bertz CT molecular complexity index is 1520. The smallest absolute Gasteiger partial charge is 0.322 e. The summed E-state index contributed by atoms with van der Waals surface area (Å²) < 4.78 is 11.3. The van der Waals surface area contributed by atoms with Crippen LogP contribution in [0.25, 0.3) is 11.1 Å². The van der Waals surface area contributed by atoms with Crippen LogP contribution in [-0.4, -0.2) is 66.2 Å². The SMILES string of the molecule is COc1ccc2c(c1)C(=O)N(C[C@@]1(c3cc4nc(CC5=CCN(C)N=C5)ccc4o3)NC(=O)NC1=O)C2. The molecule has 2 aromatic heterocycles. The van der Waals surface area contributed by atoms with Gasteiger partial charge in [0.05, 0.1) is 26.4 Å². The first-order valence-electron chi connectivity index (χ1n) is 11.8. The van der Waals surface area contributed by atoms with Gasteiger partial charge in [0.2, 0.25) is 0 Å². The lowest BCUT2D eigenvalue weighted by molar-refractivity contribution is -0.125. The number of urea groups is 1. The van der Waals surface area contributed by atoms with E-state index in [9.17, 15) is 14.4 Å². The average molecular weight is 501 g/mol. The fourth-order valence-corrected chi connectivity index (χ4v) is 4.86. The van der Waals surface area contributed by atoms with Crippen molar-refractivity contribution in [2.45, 2.75) is 18.5 Å². The minimum absolute atomic E-state index is 0.107. The van der Waals surface area contributed by atoms with E-state index in [0.29, 0.717) is 28.8 Å². The number of likely N-dealkylation sites (N-methyl/N-ethyl adjacent to an activating group) is 1. The minimum atomic E-state index is -1.59. The lowest BCUT2D eigenvalue weighted by Gasteiger charge is -2.28. The molecule has 11 heteroatoms. The number of benzene rings is 1. The molecule has 188 valence electrons. The fourth-order valence-electron chi connectivity index (χ4n) is 4.86. The Labute approximate surface area is 211 Å². The third-order valence-electron chi connectivity index (χ3n) is 6.84. The van der Waals surface area contributed by atoms with Crippen LogP contribution in [0.15, 0.2) is 57.6 Å². The molecule has 1 fully saturated rings. The second-order valence-corrected chi connectivity index (χ2v) is 9.34. The molecule has 1 atom stereocenters. The predicted octanol–water partition coefficient (Wildman–Crippen LogP) is 1.93. The molecule has 2 N–H and O–H groups in total. The summed E-state index contributed by atoms with van der Waals surface area (Å²) in [5, 5.41) is 11.1. The number of nitrogens with zero attached hydrogens (tertiary/aromatic N) is 4. The van der Waals surface area contributed by atoms with Crippen molar-refractivity contribution in [2.75, 3.05) is 27.2 Å². The van der Waals surface area contributed by atoms with E-state index in [1.165, 1.54) is 12.0 Å². The third-order valence-corrected chi connectivity index (χ3v) is 6.84. The van der Waals surface area contributed by atoms with Gasteiger partial charge in [-0.2, -0.15) is 5.10 Å². The van der Waals surface area contributed by atoms with Crippen LogP contribution in [-0.2, 0) is 23.3 Å². The fraction of sp³-hybridized carbons (Fsp3) is 0.269. The second-order valence-electron chi connectivity index (χ2n) is 9.34. The van der Waals surface area contributed by atoms with Gasteiger partial charge in [0.1, 0.15) is 17.0 Å². The van der Waals surface area contributed by atoms with Crippen LogP contribution >= 0.6 is 0 Å². The number of aromatic nitrogens is 1. The summed E-state index contributed by atoms with van der Waals surface area (Å²) in [5.41, 5.74) is 2.61. The Morgan fingerprint density at radius 2 is 2.03 bits per heavy atom. The van der Waals surface area contributed by atoms with Gasteiger partial charge < -0.3 is 19.4 Å². The van der Waals surface area contributed by atoms with Gasteiger partial charge in [-0.1, -0.05) is 12.1 Å². The maximum atomic E-state index is 13.2. The van der Waals surface area contributed by atoms with Crippen LogP contribution < -0.4 is 15.4 Å². The van der Waals surface area contributed by atoms with E-state index in [0.717, 1.165) is 23.4 Å². The van der Waals surface area contributed by atoms with E-state index >= 15 is 0 Å².